The Morgan fingerprint density at radius 1 is 1.04 bits per heavy atom. The molecule has 1 heterocycles. The predicted octanol–water partition coefficient (Wildman–Crippen LogP) is 6.17. The molecule has 0 aliphatic rings. The lowest BCUT2D eigenvalue weighted by molar-refractivity contribution is 0.937. The molecule has 1 aromatic heterocycles. The van der Waals surface area contributed by atoms with Gasteiger partial charge in [0.15, 0.2) is 0 Å². The van der Waals surface area contributed by atoms with Gasteiger partial charge in [-0.1, -0.05) is 37.3 Å². The van der Waals surface area contributed by atoms with E-state index in [1.54, 1.807) is 0 Å². The van der Waals surface area contributed by atoms with Crippen LogP contribution in [0.3, 0.4) is 0 Å². The highest BCUT2D eigenvalue weighted by molar-refractivity contribution is 9.10. The smallest absolute Gasteiger partial charge is 0.0771 e. The second-order valence-corrected chi connectivity index (χ2v) is 6.71. The largest absolute Gasteiger partial charge is 0.318 e. The van der Waals surface area contributed by atoms with E-state index in [1.807, 2.05) is 30.5 Å². The fourth-order valence-corrected chi connectivity index (χ4v) is 3.40. The van der Waals surface area contributed by atoms with Crippen molar-refractivity contribution in [1.82, 2.24) is 4.57 Å². The molecule has 3 rings (SSSR count). The van der Waals surface area contributed by atoms with Crippen LogP contribution in [-0.4, -0.2) is 10.8 Å². The van der Waals surface area contributed by atoms with Gasteiger partial charge in [-0.2, -0.15) is 0 Å². The first-order valence-corrected chi connectivity index (χ1v) is 8.97. The Morgan fingerprint density at radius 3 is 2.50 bits per heavy atom. The first-order valence-electron chi connectivity index (χ1n) is 8.17. The Bertz CT molecular complexity index is 891. The number of benzene rings is 2. The van der Waals surface area contributed by atoms with Crippen LogP contribution in [0.1, 0.15) is 29.4 Å². The van der Waals surface area contributed by atoms with Gasteiger partial charge in [-0.3, -0.25) is 4.99 Å². The maximum Gasteiger partial charge on any atom is 0.0771 e. The van der Waals surface area contributed by atoms with Crippen LogP contribution in [0.15, 0.2) is 64.1 Å². The molecule has 0 spiro atoms. The van der Waals surface area contributed by atoms with Crippen LogP contribution in [-0.2, 0) is 6.42 Å². The van der Waals surface area contributed by atoms with Gasteiger partial charge in [0.25, 0.3) is 0 Å². The van der Waals surface area contributed by atoms with Gasteiger partial charge in [0, 0.05) is 33.3 Å². The van der Waals surface area contributed by atoms with Crippen molar-refractivity contribution in [2.24, 2.45) is 4.99 Å². The van der Waals surface area contributed by atoms with E-state index in [1.165, 1.54) is 22.6 Å². The zero-order valence-corrected chi connectivity index (χ0v) is 15.8. The molecule has 0 amide bonds. The maximum atomic E-state index is 4.64. The number of aliphatic imine (C=N–C) groups is 1. The molecule has 0 saturated carbocycles. The van der Waals surface area contributed by atoms with Crippen molar-refractivity contribution >= 4 is 27.8 Å². The second-order valence-electron chi connectivity index (χ2n) is 5.85. The van der Waals surface area contributed by atoms with E-state index in [2.05, 4.69) is 76.6 Å². The van der Waals surface area contributed by atoms with Crippen molar-refractivity contribution in [1.29, 1.82) is 0 Å². The highest BCUT2D eigenvalue weighted by Crippen LogP contribution is 2.26. The monoisotopic (exact) mass is 380 g/mol. The number of para-hydroxylation sites is 2. The molecular weight excluding hydrogens is 360 g/mol. The number of rotatable bonds is 4. The average molecular weight is 381 g/mol. The van der Waals surface area contributed by atoms with Gasteiger partial charge in [0.2, 0.25) is 0 Å². The first kappa shape index (κ1) is 16.7. The lowest BCUT2D eigenvalue weighted by atomic mass is 10.1. The summed E-state index contributed by atoms with van der Waals surface area (Å²) in [6.45, 7) is 6.50. The summed E-state index contributed by atoms with van der Waals surface area (Å²) < 4.78 is 3.33. The second kappa shape index (κ2) is 7.18. The Labute approximate surface area is 152 Å². The molecule has 0 N–H and O–H groups in total. The van der Waals surface area contributed by atoms with Crippen molar-refractivity contribution in [2.75, 3.05) is 0 Å². The van der Waals surface area contributed by atoms with Crippen LogP contribution in [0.2, 0.25) is 0 Å². The Hall–Kier alpha value is -2.13. The fourth-order valence-electron chi connectivity index (χ4n) is 3.01. The zero-order chi connectivity index (χ0) is 17.1. The molecule has 0 atom stereocenters. The Morgan fingerprint density at radius 2 is 1.75 bits per heavy atom. The normalized spacial score (nSPS) is 11.3. The predicted molar refractivity (Wildman–Crippen MR) is 106 cm³/mol. The molecule has 0 aliphatic carbocycles. The molecule has 24 heavy (non-hydrogen) atoms. The van der Waals surface area contributed by atoms with E-state index in [0.717, 1.165) is 22.1 Å². The molecule has 0 aliphatic heterocycles. The molecule has 0 bridgehead atoms. The van der Waals surface area contributed by atoms with Crippen molar-refractivity contribution in [3.63, 3.8) is 0 Å². The average Bonchev–Trinajstić information content (AvgIpc) is 2.88. The summed E-state index contributed by atoms with van der Waals surface area (Å²) in [6, 6.07) is 18.8. The molecule has 122 valence electrons. The number of hydrogen-bond acceptors (Lipinski definition) is 1. The summed E-state index contributed by atoms with van der Waals surface area (Å²) in [7, 11) is 0. The van der Waals surface area contributed by atoms with E-state index in [-0.39, 0.29) is 0 Å². The van der Waals surface area contributed by atoms with Crippen LogP contribution >= 0.6 is 15.9 Å². The summed E-state index contributed by atoms with van der Waals surface area (Å²) in [5.41, 5.74) is 7.14. The SMILES string of the molecule is CCc1ccccc1-n1c(C)cc(C=Nc2ccccc2Br)c1C. The first-order chi connectivity index (χ1) is 11.6. The van der Waals surface area contributed by atoms with Crippen LogP contribution in [0.25, 0.3) is 5.69 Å². The minimum atomic E-state index is 0.941. The number of aryl methyl sites for hydroxylation is 2. The van der Waals surface area contributed by atoms with E-state index in [0.29, 0.717) is 0 Å². The van der Waals surface area contributed by atoms with Crippen molar-refractivity contribution < 1.29 is 0 Å². The van der Waals surface area contributed by atoms with E-state index < -0.39 is 0 Å². The van der Waals surface area contributed by atoms with Gasteiger partial charge in [-0.15, -0.1) is 0 Å². The highest BCUT2D eigenvalue weighted by atomic mass is 79.9. The minimum Gasteiger partial charge on any atom is -0.318 e. The summed E-state index contributed by atoms with van der Waals surface area (Å²) in [5.74, 6) is 0. The zero-order valence-electron chi connectivity index (χ0n) is 14.3. The van der Waals surface area contributed by atoms with Gasteiger partial charge >= 0.3 is 0 Å². The summed E-state index contributed by atoms with van der Waals surface area (Å²) >= 11 is 3.54. The summed E-state index contributed by atoms with van der Waals surface area (Å²) in [5, 5.41) is 0. The highest BCUT2D eigenvalue weighted by Gasteiger charge is 2.11. The maximum absolute atomic E-state index is 4.64. The lowest BCUT2D eigenvalue weighted by Crippen LogP contribution is -2.03. The number of nitrogens with zero attached hydrogens (tertiary/aromatic N) is 2. The van der Waals surface area contributed by atoms with Crippen molar-refractivity contribution in [2.45, 2.75) is 27.2 Å². The summed E-state index contributed by atoms with van der Waals surface area (Å²) in [6.07, 6.45) is 2.97. The molecule has 3 aromatic rings. The number of halogens is 1. The number of hydrogen-bond donors (Lipinski definition) is 0. The van der Waals surface area contributed by atoms with Gasteiger partial charge in [-0.05, 0) is 66.0 Å². The van der Waals surface area contributed by atoms with Crippen LogP contribution < -0.4 is 0 Å². The van der Waals surface area contributed by atoms with E-state index in [4.69, 9.17) is 0 Å². The third-order valence-corrected chi connectivity index (χ3v) is 4.95. The molecule has 0 radical (unpaired) electrons. The number of aromatic nitrogens is 1. The lowest BCUT2D eigenvalue weighted by Gasteiger charge is -2.13. The Balaban J connectivity index is 2.03. The minimum absolute atomic E-state index is 0.941. The van der Waals surface area contributed by atoms with Gasteiger partial charge in [0.05, 0.1) is 5.69 Å². The third kappa shape index (κ3) is 3.22. The standard InChI is InChI=1S/C21H21BrN2/c1-4-17-9-5-8-12-21(17)24-15(2)13-18(16(24)3)14-23-20-11-7-6-10-19(20)22/h5-14H,4H2,1-3H3. The van der Waals surface area contributed by atoms with Crippen molar-refractivity contribution in [3.8, 4) is 5.69 Å². The Kier molecular flexibility index (Phi) is 5.00. The van der Waals surface area contributed by atoms with E-state index >= 15 is 0 Å². The molecule has 0 fully saturated rings. The molecule has 0 saturated heterocycles. The van der Waals surface area contributed by atoms with Crippen LogP contribution in [0, 0.1) is 13.8 Å². The molecule has 2 nitrogen and oxygen atoms in total. The van der Waals surface area contributed by atoms with Crippen LogP contribution in [0.5, 0.6) is 0 Å². The van der Waals surface area contributed by atoms with Crippen LogP contribution in [0.4, 0.5) is 5.69 Å². The molecule has 2 aromatic carbocycles. The fraction of sp³-hybridized carbons (Fsp3) is 0.190. The topological polar surface area (TPSA) is 17.3 Å². The molecule has 0 unspecified atom stereocenters. The van der Waals surface area contributed by atoms with E-state index in [9.17, 15) is 0 Å². The third-order valence-electron chi connectivity index (χ3n) is 4.28. The summed E-state index contributed by atoms with van der Waals surface area (Å²) in [4.78, 5) is 4.64. The van der Waals surface area contributed by atoms with Gasteiger partial charge in [0.1, 0.15) is 0 Å². The van der Waals surface area contributed by atoms with Gasteiger partial charge in [-0.25, -0.2) is 0 Å². The quantitative estimate of drug-likeness (QED) is 0.481. The van der Waals surface area contributed by atoms with Gasteiger partial charge < -0.3 is 4.57 Å². The molecular formula is C21H21BrN2. The van der Waals surface area contributed by atoms with Crippen molar-refractivity contribution in [3.05, 3.63) is 81.6 Å². The molecule has 3 heteroatoms.